The first-order valence-corrected chi connectivity index (χ1v) is 11.8. The molecular formula is C28H32O7. The van der Waals surface area contributed by atoms with E-state index in [4.69, 9.17) is 14.2 Å². The van der Waals surface area contributed by atoms with Crippen LogP contribution < -0.4 is 14.2 Å². The Morgan fingerprint density at radius 1 is 0.857 bits per heavy atom. The van der Waals surface area contributed by atoms with Crippen LogP contribution in [0.15, 0.2) is 42.5 Å². The maximum absolute atomic E-state index is 12.7. The third kappa shape index (κ3) is 6.23. The number of aromatic carboxylic acids is 1. The smallest absolute Gasteiger partial charge is 0.339 e. The van der Waals surface area contributed by atoms with E-state index in [9.17, 15) is 19.8 Å². The summed E-state index contributed by atoms with van der Waals surface area (Å²) in [6, 6.07) is 12.4. The fourth-order valence-electron chi connectivity index (χ4n) is 4.06. The van der Waals surface area contributed by atoms with E-state index in [0.717, 1.165) is 36.5 Å². The Morgan fingerprint density at radius 3 is 2.23 bits per heavy atom. The Morgan fingerprint density at radius 2 is 1.57 bits per heavy atom. The number of carboxylic acid groups (broad SMARTS) is 1. The number of carbonyl (C=O) groups excluding carboxylic acids is 1. The van der Waals surface area contributed by atoms with Crippen molar-refractivity contribution in [2.24, 2.45) is 0 Å². The zero-order valence-corrected chi connectivity index (χ0v) is 20.4. The fraction of sp³-hybridized carbons (Fsp3) is 0.357. The third-order valence-corrected chi connectivity index (χ3v) is 5.94. The number of hydrogen-bond donors (Lipinski definition) is 2. The second-order valence-electron chi connectivity index (χ2n) is 8.34. The normalized spacial score (nSPS) is 10.8. The number of methoxy groups -OCH3 is 2. The van der Waals surface area contributed by atoms with Gasteiger partial charge in [0.1, 0.15) is 17.1 Å². The first-order valence-electron chi connectivity index (χ1n) is 11.8. The summed E-state index contributed by atoms with van der Waals surface area (Å²) in [6.07, 6.45) is 4.01. The standard InChI is InChI=1S/C28H32O7/c1-4-8-21-24(13-12-22(27(21)30)28(31)32)35-14-7-5-6-9-23(29)19-11-10-18-16-25(33-2)26(34-3)17-20(18)15-19/h10-13,15-17,30H,4-9,14H2,1-3H3,(H,31,32). The Kier molecular flexibility index (Phi) is 8.95. The molecule has 7 heteroatoms. The van der Waals surface area contributed by atoms with Crippen molar-refractivity contribution in [3.8, 4) is 23.0 Å². The number of ether oxygens (including phenoxy) is 3. The van der Waals surface area contributed by atoms with Gasteiger partial charge in [-0.1, -0.05) is 25.5 Å². The van der Waals surface area contributed by atoms with Gasteiger partial charge in [-0.15, -0.1) is 0 Å². The lowest BCUT2D eigenvalue weighted by molar-refractivity contribution is 0.0693. The summed E-state index contributed by atoms with van der Waals surface area (Å²) in [5.74, 6) is 0.472. The van der Waals surface area contributed by atoms with Crippen LogP contribution in [0.1, 0.15) is 65.3 Å². The van der Waals surface area contributed by atoms with E-state index in [1.165, 1.54) is 6.07 Å². The minimum Gasteiger partial charge on any atom is -0.507 e. The molecule has 3 rings (SSSR count). The zero-order chi connectivity index (χ0) is 25.4. The van der Waals surface area contributed by atoms with Crippen molar-refractivity contribution in [2.75, 3.05) is 20.8 Å². The van der Waals surface area contributed by atoms with Crippen molar-refractivity contribution in [1.82, 2.24) is 0 Å². The molecule has 0 saturated carbocycles. The van der Waals surface area contributed by atoms with Gasteiger partial charge in [0.15, 0.2) is 17.3 Å². The molecule has 0 aromatic heterocycles. The number of carboxylic acids is 1. The predicted octanol–water partition coefficient (Wildman–Crippen LogP) is 6.04. The Balaban J connectivity index is 1.52. The molecule has 0 saturated heterocycles. The number of fused-ring (bicyclic) bond motifs is 1. The molecule has 0 aliphatic heterocycles. The van der Waals surface area contributed by atoms with Gasteiger partial charge >= 0.3 is 5.97 Å². The molecule has 0 bridgehead atoms. The van der Waals surface area contributed by atoms with E-state index in [-0.39, 0.29) is 17.1 Å². The lowest BCUT2D eigenvalue weighted by Gasteiger charge is -2.14. The molecule has 3 aromatic carbocycles. The summed E-state index contributed by atoms with van der Waals surface area (Å²) in [7, 11) is 3.18. The molecule has 7 nitrogen and oxygen atoms in total. The molecule has 0 unspecified atom stereocenters. The topological polar surface area (TPSA) is 102 Å². The minimum absolute atomic E-state index is 0.0852. The molecule has 0 heterocycles. The molecule has 0 amide bonds. The number of carbonyl (C=O) groups is 2. The molecule has 0 atom stereocenters. The van der Waals surface area contributed by atoms with Gasteiger partial charge in [0.2, 0.25) is 0 Å². The van der Waals surface area contributed by atoms with Gasteiger partial charge in [-0.05, 0) is 66.8 Å². The van der Waals surface area contributed by atoms with Crippen LogP contribution in [0.4, 0.5) is 0 Å². The summed E-state index contributed by atoms with van der Waals surface area (Å²) >= 11 is 0. The van der Waals surface area contributed by atoms with E-state index in [1.54, 1.807) is 20.3 Å². The molecule has 0 aliphatic carbocycles. The summed E-state index contributed by atoms with van der Waals surface area (Å²) in [5, 5.41) is 21.4. The predicted molar refractivity (Wildman–Crippen MR) is 134 cm³/mol. The number of unbranched alkanes of at least 4 members (excludes halogenated alkanes) is 2. The van der Waals surface area contributed by atoms with Crippen LogP contribution in [0.3, 0.4) is 0 Å². The maximum Gasteiger partial charge on any atom is 0.339 e. The highest BCUT2D eigenvalue weighted by molar-refractivity contribution is 6.00. The molecule has 0 spiro atoms. The van der Waals surface area contributed by atoms with Crippen LogP contribution in [0, 0.1) is 0 Å². The van der Waals surface area contributed by atoms with Gasteiger partial charge in [0.25, 0.3) is 0 Å². The van der Waals surface area contributed by atoms with Crippen molar-refractivity contribution >= 4 is 22.5 Å². The molecule has 0 fully saturated rings. The van der Waals surface area contributed by atoms with Crippen molar-refractivity contribution in [2.45, 2.75) is 45.4 Å². The molecule has 0 aliphatic rings. The lowest BCUT2D eigenvalue weighted by Crippen LogP contribution is -2.05. The Bertz CT molecular complexity index is 1200. The average Bonchev–Trinajstić information content (AvgIpc) is 2.86. The summed E-state index contributed by atoms with van der Waals surface area (Å²) in [6.45, 7) is 2.38. The number of hydrogen-bond acceptors (Lipinski definition) is 6. The molecular weight excluding hydrogens is 448 g/mol. The van der Waals surface area contributed by atoms with Crippen molar-refractivity contribution in [1.29, 1.82) is 0 Å². The molecule has 0 radical (unpaired) electrons. The van der Waals surface area contributed by atoms with E-state index in [2.05, 4.69) is 0 Å². The van der Waals surface area contributed by atoms with Crippen LogP contribution in [0.5, 0.6) is 23.0 Å². The van der Waals surface area contributed by atoms with E-state index in [0.29, 0.717) is 47.8 Å². The van der Waals surface area contributed by atoms with Crippen LogP contribution in [0.25, 0.3) is 10.8 Å². The number of Topliss-reactive ketones (excluding diaryl/α,β-unsaturated/α-hetero) is 1. The van der Waals surface area contributed by atoms with Gasteiger partial charge in [-0.3, -0.25) is 4.79 Å². The minimum atomic E-state index is -1.17. The highest BCUT2D eigenvalue weighted by Crippen LogP contribution is 2.34. The van der Waals surface area contributed by atoms with Gasteiger partial charge < -0.3 is 24.4 Å². The second kappa shape index (κ2) is 12.1. The van der Waals surface area contributed by atoms with E-state index < -0.39 is 5.97 Å². The maximum atomic E-state index is 12.7. The van der Waals surface area contributed by atoms with Gasteiger partial charge in [0, 0.05) is 17.5 Å². The lowest BCUT2D eigenvalue weighted by atomic mass is 10.0. The first-order chi connectivity index (χ1) is 16.9. The highest BCUT2D eigenvalue weighted by atomic mass is 16.5. The molecule has 35 heavy (non-hydrogen) atoms. The van der Waals surface area contributed by atoms with Crippen molar-refractivity contribution < 1.29 is 34.0 Å². The third-order valence-electron chi connectivity index (χ3n) is 5.94. The Hall–Kier alpha value is -3.74. The number of rotatable bonds is 13. The summed E-state index contributed by atoms with van der Waals surface area (Å²) in [4.78, 5) is 24.0. The number of phenols is 1. The van der Waals surface area contributed by atoms with Crippen molar-refractivity contribution in [3.63, 3.8) is 0 Å². The van der Waals surface area contributed by atoms with Crippen LogP contribution >= 0.6 is 0 Å². The Labute approximate surface area is 205 Å². The number of ketones is 1. The number of benzene rings is 3. The fourth-order valence-corrected chi connectivity index (χ4v) is 4.06. The molecule has 186 valence electrons. The summed E-state index contributed by atoms with van der Waals surface area (Å²) < 4.78 is 16.5. The summed E-state index contributed by atoms with van der Waals surface area (Å²) in [5.41, 5.74) is 1.07. The van der Waals surface area contributed by atoms with E-state index in [1.807, 2.05) is 37.3 Å². The van der Waals surface area contributed by atoms with E-state index >= 15 is 0 Å². The molecule has 3 aromatic rings. The average molecular weight is 481 g/mol. The van der Waals surface area contributed by atoms with Crippen LogP contribution in [-0.2, 0) is 6.42 Å². The highest BCUT2D eigenvalue weighted by Gasteiger charge is 2.17. The quantitative estimate of drug-likeness (QED) is 0.227. The second-order valence-corrected chi connectivity index (χ2v) is 8.34. The van der Waals surface area contributed by atoms with Crippen LogP contribution in [-0.4, -0.2) is 42.8 Å². The molecule has 2 N–H and O–H groups in total. The monoisotopic (exact) mass is 480 g/mol. The van der Waals surface area contributed by atoms with Gasteiger partial charge in [0.05, 0.1) is 20.8 Å². The van der Waals surface area contributed by atoms with Crippen LogP contribution in [0.2, 0.25) is 0 Å². The SMILES string of the molecule is CCCc1c(OCCCCCC(=O)c2ccc3cc(OC)c(OC)cc3c2)ccc(C(=O)O)c1O. The number of aromatic hydroxyl groups is 1. The zero-order valence-electron chi connectivity index (χ0n) is 20.4. The van der Waals surface area contributed by atoms with Crippen molar-refractivity contribution in [3.05, 3.63) is 59.2 Å². The van der Waals surface area contributed by atoms with Gasteiger partial charge in [-0.25, -0.2) is 4.79 Å². The largest absolute Gasteiger partial charge is 0.507 e. The first kappa shape index (κ1) is 25.9. The van der Waals surface area contributed by atoms with Gasteiger partial charge in [-0.2, -0.15) is 0 Å².